The van der Waals surface area contributed by atoms with E-state index in [0.29, 0.717) is 43.6 Å². The highest BCUT2D eigenvalue weighted by Crippen LogP contribution is 2.38. The predicted octanol–water partition coefficient (Wildman–Crippen LogP) is 5.83. The molecular formula is C26H19Cl3N2O5. The monoisotopic (exact) mass is 544 g/mol. The van der Waals surface area contributed by atoms with Crippen molar-refractivity contribution in [1.29, 1.82) is 0 Å². The minimum absolute atomic E-state index is 0.134. The van der Waals surface area contributed by atoms with Crippen molar-refractivity contribution in [3.05, 3.63) is 93.1 Å². The normalized spacial score (nSPS) is 13.9. The van der Waals surface area contributed by atoms with E-state index in [9.17, 15) is 9.90 Å². The third-order valence-corrected chi connectivity index (χ3v) is 6.62. The van der Waals surface area contributed by atoms with E-state index >= 15 is 0 Å². The summed E-state index contributed by atoms with van der Waals surface area (Å²) < 4.78 is 17.5. The number of nitrogens with zero attached hydrogens (tertiary/aromatic N) is 2. The number of hydrogen-bond donors (Lipinski definition) is 1. The van der Waals surface area contributed by atoms with Gasteiger partial charge in [-0.25, -0.2) is 9.48 Å². The Morgan fingerprint density at radius 3 is 2.58 bits per heavy atom. The van der Waals surface area contributed by atoms with Gasteiger partial charge in [0, 0.05) is 22.0 Å². The van der Waals surface area contributed by atoms with Gasteiger partial charge in [-0.05, 0) is 60.2 Å². The molecule has 1 aliphatic rings. The Bertz CT molecular complexity index is 1470. The molecule has 0 radical (unpaired) electrons. The van der Waals surface area contributed by atoms with Crippen molar-refractivity contribution in [2.45, 2.75) is 12.0 Å². The maximum absolute atomic E-state index is 12.8. The van der Waals surface area contributed by atoms with Crippen LogP contribution >= 0.6 is 34.8 Å². The van der Waals surface area contributed by atoms with Gasteiger partial charge in [0.15, 0.2) is 17.1 Å². The highest BCUT2D eigenvalue weighted by molar-refractivity contribution is 6.34. The first kappa shape index (κ1) is 24.5. The van der Waals surface area contributed by atoms with Crippen LogP contribution in [0.5, 0.6) is 11.5 Å². The Balaban J connectivity index is 1.65. The highest BCUT2D eigenvalue weighted by Gasteiger charge is 2.40. The number of hydrogen-bond acceptors (Lipinski definition) is 6. The van der Waals surface area contributed by atoms with Gasteiger partial charge in [0.2, 0.25) is 6.79 Å². The lowest BCUT2D eigenvalue weighted by Crippen LogP contribution is -2.39. The smallest absolute Gasteiger partial charge is 0.342 e. The lowest BCUT2D eigenvalue weighted by atomic mass is 9.89. The second-order valence-electron chi connectivity index (χ2n) is 8.14. The van der Waals surface area contributed by atoms with Crippen molar-refractivity contribution in [3.63, 3.8) is 0 Å². The van der Waals surface area contributed by atoms with Crippen LogP contribution < -0.4 is 9.47 Å². The lowest BCUT2D eigenvalue weighted by molar-refractivity contribution is -0.163. The maximum atomic E-state index is 12.8. The van der Waals surface area contributed by atoms with Crippen LogP contribution in [0.2, 0.25) is 15.1 Å². The van der Waals surface area contributed by atoms with Crippen molar-refractivity contribution in [3.8, 4) is 28.4 Å². The fourth-order valence-corrected chi connectivity index (χ4v) is 4.63. The lowest BCUT2D eigenvalue weighted by Gasteiger charge is -2.25. The molecule has 0 saturated carbocycles. The van der Waals surface area contributed by atoms with Gasteiger partial charge in [-0.2, -0.15) is 5.10 Å². The molecule has 0 saturated heterocycles. The number of benzene rings is 3. The number of carbonyl (C=O) groups is 1. The maximum Gasteiger partial charge on any atom is 0.342 e. The van der Waals surface area contributed by atoms with Gasteiger partial charge < -0.3 is 19.3 Å². The molecule has 0 bridgehead atoms. The van der Waals surface area contributed by atoms with Crippen LogP contribution in [-0.4, -0.2) is 34.8 Å². The molecule has 2 heterocycles. The summed E-state index contributed by atoms with van der Waals surface area (Å²) in [4.78, 5) is 12.8. The van der Waals surface area contributed by atoms with E-state index in [1.165, 1.54) is 13.2 Å². The van der Waals surface area contributed by atoms with Gasteiger partial charge in [-0.1, -0.05) is 46.9 Å². The van der Waals surface area contributed by atoms with Crippen molar-refractivity contribution >= 4 is 40.8 Å². The molecule has 0 amide bonds. The number of carbonyl (C=O) groups excluding carboxylic acids is 1. The Kier molecular flexibility index (Phi) is 6.57. The molecule has 5 rings (SSSR count). The minimum atomic E-state index is -2.04. The van der Waals surface area contributed by atoms with Crippen molar-refractivity contribution in [2.75, 3.05) is 13.9 Å². The third kappa shape index (κ3) is 4.51. The molecule has 1 N–H and O–H groups in total. The number of halogens is 3. The number of aliphatic hydroxyl groups is 1. The van der Waals surface area contributed by atoms with Gasteiger partial charge in [0.05, 0.1) is 29.2 Å². The Morgan fingerprint density at radius 2 is 1.81 bits per heavy atom. The molecule has 36 heavy (non-hydrogen) atoms. The number of aromatic nitrogens is 2. The van der Waals surface area contributed by atoms with Crippen LogP contribution in [0, 0.1) is 0 Å². The molecule has 7 nitrogen and oxygen atoms in total. The van der Waals surface area contributed by atoms with E-state index in [4.69, 9.17) is 54.1 Å². The molecule has 184 valence electrons. The zero-order chi connectivity index (χ0) is 25.4. The van der Waals surface area contributed by atoms with Crippen LogP contribution in [0.25, 0.3) is 16.9 Å². The van der Waals surface area contributed by atoms with Gasteiger partial charge >= 0.3 is 5.97 Å². The number of fused-ring (bicyclic) bond motifs is 1. The fourth-order valence-electron chi connectivity index (χ4n) is 4.08. The molecule has 0 aliphatic carbocycles. The van der Waals surface area contributed by atoms with E-state index < -0.39 is 11.6 Å². The average molecular weight is 546 g/mol. The van der Waals surface area contributed by atoms with E-state index in [0.717, 1.165) is 5.56 Å². The first-order valence-corrected chi connectivity index (χ1v) is 11.9. The summed E-state index contributed by atoms with van der Waals surface area (Å²) in [5.74, 6) is 0.376. The first-order chi connectivity index (χ1) is 17.3. The first-order valence-electron chi connectivity index (χ1n) is 10.8. The average Bonchev–Trinajstić information content (AvgIpc) is 3.51. The van der Waals surface area contributed by atoms with E-state index in [1.807, 2.05) is 12.1 Å². The zero-order valence-electron chi connectivity index (χ0n) is 18.9. The van der Waals surface area contributed by atoms with Crippen LogP contribution in [0.4, 0.5) is 0 Å². The Labute approximate surface area is 221 Å². The standard InChI is InChI=1S/C26H19Cl3N2O5/c1-34-25(32)26(33,16-3-2-4-17(27)10-16)13-19-12-21(15-5-8-23-24(9-15)36-14-35-23)31(30-19)22-11-18(28)6-7-20(22)29/h2-12,33H,13-14H2,1H3. The van der Waals surface area contributed by atoms with Crippen LogP contribution in [0.15, 0.2) is 66.7 Å². The summed E-state index contributed by atoms with van der Waals surface area (Å²) in [6, 6.07) is 18.7. The largest absolute Gasteiger partial charge is 0.467 e. The molecule has 1 aromatic heterocycles. The molecule has 1 atom stereocenters. The molecule has 10 heteroatoms. The van der Waals surface area contributed by atoms with E-state index in [-0.39, 0.29) is 18.8 Å². The van der Waals surface area contributed by atoms with Gasteiger partial charge in [-0.3, -0.25) is 0 Å². The Morgan fingerprint density at radius 1 is 1.03 bits per heavy atom. The number of ether oxygens (including phenoxy) is 3. The summed E-state index contributed by atoms with van der Waals surface area (Å²) in [5, 5.41) is 17.5. The molecule has 0 fully saturated rings. The third-order valence-electron chi connectivity index (χ3n) is 5.83. The minimum Gasteiger partial charge on any atom is -0.467 e. The van der Waals surface area contributed by atoms with Crippen molar-refractivity contribution in [2.24, 2.45) is 0 Å². The molecule has 4 aromatic rings. The highest BCUT2D eigenvalue weighted by atomic mass is 35.5. The van der Waals surface area contributed by atoms with Crippen LogP contribution in [-0.2, 0) is 21.6 Å². The Hall–Kier alpha value is -3.23. The second-order valence-corrected chi connectivity index (χ2v) is 9.42. The van der Waals surface area contributed by atoms with E-state index in [2.05, 4.69) is 0 Å². The number of rotatable bonds is 6. The summed E-state index contributed by atoms with van der Waals surface area (Å²) in [7, 11) is 1.21. The summed E-state index contributed by atoms with van der Waals surface area (Å²) in [5.41, 5.74) is 0.536. The molecule has 0 spiro atoms. The topological polar surface area (TPSA) is 82.8 Å². The van der Waals surface area contributed by atoms with Crippen molar-refractivity contribution in [1.82, 2.24) is 9.78 Å². The van der Waals surface area contributed by atoms with E-state index in [1.54, 1.807) is 53.2 Å². The molecule has 1 aliphatic heterocycles. The molecular weight excluding hydrogens is 527 g/mol. The van der Waals surface area contributed by atoms with Crippen LogP contribution in [0.3, 0.4) is 0 Å². The number of methoxy groups -OCH3 is 1. The van der Waals surface area contributed by atoms with Crippen LogP contribution in [0.1, 0.15) is 11.3 Å². The number of esters is 1. The summed E-state index contributed by atoms with van der Waals surface area (Å²) in [6.45, 7) is 0.134. The fraction of sp³-hybridized carbons (Fsp3) is 0.154. The quantitative estimate of drug-likeness (QED) is 0.307. The summed E-state index contributed by atoms with van der Waals surface area (Å²) in [6.07, 6.45) is -0.192. The zero-order valence-corrected chi connectivity index (χ0v) is 21.1. The second kappa shape index (κ2) is 9.67. The molecule has 3 aromatic carbocycles. The van der Waals surface area contributed by atoms with Crippen molar-refractivity contribution < 1.29 is 24.1 Å². The predicted molar refractivity (Wildman–Crippen MR) is 136 cm³/mol. The summed E-state index contributed by atoms with van der Waals surface area (Å²) >= 11 is 18.9. The van der Waals surface area contributed by atoms with Gasteiger partial charge in [0.25, 0.3) is 0 Å². The van der Waals surface area contributed by atoms with Gasteiger partial charge in [0.1, 0.15) is 0 Å². The SMILES string of the molecule is COC(=O)C(O)(Cc1cc(-c2ccc3c(c2)OCO3)n(-c2cc(Cl)ccc2Cl)n1)c1cccc(Cl)c1. The van der Waals surface area contributed by atoms with Gasteiger partial charge in [-0.15, -0.1) is 0 Å². The molecule has 1 unspecified atom stereocenters.